The van der Waals surface area contributed by atoms with E-state index in [2.05, 4.69) is 10.2 Å². The molecule has 0 spiro atoms. The van der Waals surface area contributed by atoms with E-state index in [0.717, 1.165) is 27.8 Å². The normalized spacial score (nSPS) is 11.8. The summed E-state index contributed by atoms with van der Waals surface area (Å²) >= 11 is 12.3. The minimum atomic E-state index is -3.80. The van der Waals surface area contributed by atoms with Crippen molar-refractivity contribution in [1.82, 2.24) is 19.6 Å². The lowest BCUT2D eigenvalue weighted by Gasteiger charge is -2.21. The second-order valence-corrected chi connectivity index (χ2v) is 17.9. The molecule has 0 saturated heterocycles. The smallest absolute Gasteiger partial charge is 0.297 e. The van der Waals surface area contributed by atoms with Gasteiger partial charge in [0.15, 0.2) is 21.5 Å². The van der Waals surface area contributed by atoms with Crippen molar-refractivity contribution < 1.29 is 35.9 Å². The van der Waals surface area contributed by atoms with Gasteiger partial charge in [-0.2, -0.15) is 18.6 Å². The Morgan fingerprint density at radius 1 is 0.600 bits per heavy atom. The Morgan fingerprint density at radius 2 is 0.983 bits per heavy atom. The summed E-state index contributed by atoms with van der Waals surface area (Å²) in [7, 11) is -3.80. The summed E-state index contributed by atoms with van der Waals surface area (Å²) in [4.78, 5) is 24.8. The minimum Gasteiger partial charge on any atom is -0.485 e. The summed E-state index contributed by atoms with van der Waals surface area (Å²) in [6, 6.07) is 21.5. The Balaban J connectivity index is 0.000000280. The first kappa shape index (κ1) is 48.0. The molecule has 0 radical (unpaired) electrons. The van der Waals surface area contributed by atoms with Crippen molar-refractivity contribution in [2.24, 2.45) is 0 Å². The highest BCUT2D eigenvalue weighted by molar-refractivity contribution is 7.86. The van der Waals surface area contributed by atoms with Gasteiger partial charge < -0.3 is 18.9 Å². The first-order valence-corrected chi connectivity index (χ1v) is 21.1. The Bertz CT molecular complexity index is 2380. The highest BCUT2D eigenvalue weighted by Gasteiger charge is 2.21. The van der Waals surface area contributed by atoms with Gasteiger partial charge in [-0.3, -0.25) is 13.8 Å². The molecule has 13 nitrogen and oxygen atoms in total. The molecule has 0 saturated carbocycles. The fraction of sp³-hybridized carbons (Fsp3) is 0.395. The number of ether oxygens (including phenoxy) is 4. The van der Waals surface area contributed by atoms with E-state index in [0.29, 0.717) is 13.2 Å². The number of alkyl halides is 1. The van der Waals surface area contributed by atoms with E-state index in [-0.39, 0.29) is 65.0 Å². The second kappa shape index (κ2) is 21.7. The van der Waals surface area contributed by atoms with Gasteiger partial charge in [0.05, 0.1) is 61.4 Å². The van der Waals surface area contributed by atoms with Gasteiger partial charge in [0, 0.05) is 0 Å². The van der Waals surface area contributed by atoms with Crippen LogP contribution in [0.25, 0.3) is 0 Å². The molecule has 0 amide bonds. The van der Waals surface area contributed by atoms with E-state index >= 15 is 0 Å². The average Bonchev–Trinajstić information content (AvgIpc) is 3.19. The quantitative estimate of drug-likeness (QED) is 0.0657. The number of hydrogen-bond acceptors (Lipinski definition) is 11. The van der Waals surface area contributed by atoms with Gasteiger partial charge in [-0.15, -0.1) is 0 Å². The van der Waals surface area contributed by atoms with Gasteiger partial charge in [0.1, 0.15) is 19.9 Å². The summed E-state index contributed by atoms with van der Waals surface area (Å²) in [5.74, 6) is 0.479. The van der Waals surface area contributed by atoms with Gasteiger partial charge in [0.25, 0.3) is 21.2 Å². The lowest BCUT2D eigenvalue weighted by atomic mass is 10.1. The molecule has 0 atom stereocenters. The van der Waals surface area contributed by atoms with Crippen molar-refractivity contribution in [3.05, 3.63) is 144 Å². The summed E-state index contributed by atoms with van der Waals surface area (Å²) in [5, 5.41) is 8.28. The van der Waals surface area contributed by atoms with Gasteiger partial charge in [-0.1, -0.05) is 89.4 Å². The third-order valence-electron chi connectivity index (χ3n) is 8.41. The molecule has 0 fully saturated rings. The van der Waals surface area contributed by atoms with Crippen molar-refractivity contribution >= 4 is 33.3 Å². The van der Waals surface area contributed by atoms with Crippen molar-refractivity contribution in [2.45, 2.75) is 90.9 Å². The van der Waals surface area contributed by atoms with Crippen LogP contribution >= 0.6 is 23.2 Å². The Hall–Kier alpha value is -4.64. The fourth-order valence-electron chi connectivity index (χ4n) is 5.19. The molecular weight excluding hydrogens is 838 g/mol. The molecule has 0 N–H and O–H groups in total. The molecule has 5 aromatic rings. The molecule has 60 heavy (non-hydrogen) atoms. The summed E-state index contributed by atoms with van der Waals surface area (Å²) in [6.07, 6.45) is 2.90. The van der Waals surface area contributed by atoms with E-state index in [4.69, 9.17) is 46.3 Å². The van der Waals surface area contributed by atoms with Crippen LogP contribution in [-0.2, 0) is 61.3 Å². The molecular formula is C43H51Cl2FN4O9S. The predicted octanol–water partition coefficient (Wildman–Crippen LogP) is 8.18. The van der Waals surface area contributed by atoms with Crippen LogP contribution < -0.4 is 20.6 Å². The van der Waals surface area contributed by atoms with Crippen LogP contribution in [0.4, 0.5) is 4.39 Å². The maximum atomic E-state index is 12.4. The molecule has 3 aromatic carbocycles. The lowest BCUT2D eigenvalue weighted by molar-refractivity contribution is 0.0907. The minimum absolute atomic E-state index is 0.00782. The number of nitrogens with zero attached hydrogens (tertiary/aromatic N) is 4. The van der Waals surface area contributed by atoms with Gasteiger partial charge in [0.2, 0.25) is 0 Å². The molecule has 0 aliphatic rings. The van der Waals surface area contributed by atoms with Crippen molar-refractivity contribution in [3.8, 4) is 11.5 Å². The average molecular weight is 890 g/mol. The van der Waals surface area contributed by atoms with Crippen molar-refractivity contribution in [2.75, 3.05) is 26.5 Å². The van der Waals surface area contributed by atoms with E-state index in [9.17, 15) is 22.4 Å². The maximum Gasteiger partial charge on any atom is 0.297 e. The number of aryl methyl sites for hydroxylation is 1. The molecule has 0 aliphatic heterocycles. The highest BCUT2D eigenvalue weighted by Crippen LogP contribution is 2.23. The molecule has 17 heteroatoms. The van der Waals surface area contributed by atoms with Crippen LogP contribution in [0.2, 0.25) is 10.0 Å². The molecule has 0 bridgehead atoms. The molecule has 2 heterocycles. The monoisotopic (exact) mass is 888 g/mol. The van der Waals surface area contributed by atoms with Crippen LogP contribution in [0.1, 0.15) is 69.4 Å². The fourth-order valence-corrected chi connectivity index (χ4v) is 6.45. The summed E-state index contributed by atoms with van der Waals surface area (Å²) < 4.78 is 65.9. The first-order valence-electron chi connectivity index (χ1n) is 19.0. The lowest BCUT2D eigenvalue weighted by Crippen LogP contribution is -2.36. The van der Waals surface area contributed by atoms with E-state index in [1.165, 1.54) is 33.9 Å². The zero-order valence-electron chi connectivity index (χ0n) is 34.7. The van der Waals surface area contributed by atoms with E-state index in [1.807, 2.05) is 97.0 Å². The van der Waals surface area contributed by atoms with Gasteiger partial charge in [-0.25, -0.2) is 13.8 Å². The third-order valence-corrected chi connectivity index (χ3v) is 10.4. The summed E-state index contributed by atoms with van der Waals surface area (Å²) in [5.41, 5.74) is 2.87. The number of hydrogen-bond donors (Lipinski definition) is 0. The molecule has 0 unspecified atom stereocenters. The Kier molecular flexibility index (Phi) is 17.4. The SMILES string of the molecule is CC(C)(C)n1ncc(OCc2ccc(COCCF)cc2)c(Cl)c1=O.Cc1ccc(S(=O)(=O)OCCOCc2ccc(COc3cnn(C(C)(C)C)c(=O)c3Cl)cc2)cc1. The number of aromatic nitrogens is 4. The largest absolute Gasteiger partial charge is 0.485 e. The van der Waals surface area contributed by atoms with Gasteiger partial charge >= 0.3 is 0 Å². The van der Waals surface area contributed by atoms with Crippen LogP contribution in [0.15, 0.2) is 99.7 Å². The number of benzene rings is 3. The predicted molar refractivity (Wildman–Crippen MR) is 228 cm³/mol. The maximum absolute atomic E-state index is 12.4. The van der Waals surface area contributed by atoms with Gasteiger partial charge in [-0.05, 0) is 82.9 Å². The molecule has 0 aliphatic carbocycles. The highest BCUT2D eigenvalue weighted by atomic mass is 35.5. The Morgan fingerprint density at radius 3 is 1.37 bits per heavy atom. The molecule has 324 valence electrons. The van der Waals surface area contributed by atoms with Crippen LogP contribution in [0, 0.1) is 6.92 Å². The topological polar surface area (TPSA) is 150 Å². The Labute approximate surface area is 360 Å². The van der Waals surface area contributed by atoms with Crippen molar-refractivity contribution in [3.63, 3.8) is 0 Å². The molecule has 5 rings (SSSR count). The molecule has 2 aromatic heterocycles. The number of rotatable bonds is 17. The zero-order chi connectivity index (χ0) is 44.1. The number of halogens is 3. The van der Waals surface area contributed by atoms with Crippen LogP contribution in [0.3, 0.4) is 0 Å². The van der Waals surface area contributed by atoms with Crippen molar-refractivity contribution in [1.29, 1.82) is 0 Å². The first-order chi connectivity index (χ1) is 28.3. The summed E-state index contributed by atoms with van der Waals surface area (Å²) in [6.45, 7) is 13.9. The second-order valence-electron chi connectivity index (χ2n) is 15.5. The van der Waals surface area contributed by atoms with Crippen LogP contribution in [0.5, 0.6) is 11.5 Å². The third kappa shape index (κ3) is 14.2. The standard InChI is InChI=1S/C25H29ClN2O6S.C18H22ClFN2O3/c1-18-5-11-21(12-6-18)35(30,31)34-14-13-32-16-19-7-9-20(10-8-19)17-33-22-15-27-28(25(2,3)4)24(29)23(22)26;1-18(2,3)22-17(23)16(19)15(10-21-22)25-12-14-6-4-13(5-7-14)11-24-9-8-20/h5-12,15H,13-14,16-17H2,1-4H3;4-7,10H,8-9,11-12H2,1-3H3. The van der Waals surface area contributed by atoms with E-state index < -0.39 is 33.4 Å². The van der Waals surface area contributed by atoms with E-state index in [1.54, 1.807) is 12.1 Å². The van der Waals surface area contributed by atoms with Crippen LogP contribution in [-0.4, -0.2) is 54.5 Å². The zero-order valence-corrected chi connectivity index (χ0v) is 37.1.